The fourth-order valence-electron chi connectivity index (χ4n) is 1.94. The van der Waals surface area contributed by atoms with E-state index in [4.69, 9.17) is 9.84 Å². The van der Waals surface area contributed by atoms with Crippen LogP contribution in [0, 0.1) is 0 Å². The van der Waals surface area contributed by atoms with Crippen molar-refractivity contribution in [2.45, 2.75) is 6.92 Å². The summed E-state index contributed by atoms with van der Waals surface area (Å²) in [6.07, 6.45) is 0. The Kier molecular flexibility index (Phi) is 5.51. The second-order valence-corrected chi connectivity index (χ2v) is 4.93. The number of hydrogen-bond acceptors (Lipinski definition) is 4. The summed E-state index contributed by atoms with van der Waals surface area (Å²) in [5.41, 5.74) is 1.02. The summed E-state index contributed by atoms with van der Waals surface area (Å²) in [7, 11) is 0. The summed E-state index contributed by atoms with van der Waals surface area (Å²) in [4.78, 5) is 33.8. The predicted octanol–water partition coefficient (Wildman–Crippen LogP) is 2.36. The summed E-state index contributed by atoms with van der Waals surface area (Å²) in [6.45, 7) is 1.15. The van der Waals surface area contributed by atoms with Crippen molar-refractivity contribution in [1.29, 1.82) is 0 Å². The number of aromatic carboxylic acids is 1. The predicted molar refractivity (Wildman–Crippen MR) is 88.3 cm³/mol. The zero-order chi connectivity index (χ0) is 17.5. The number of carbonyl (C=O) groups excluding carboxylic acids is 2. The number of rotatable bonds is 6. The van der Waals surface area contributed by atoms with E-state index in [1.807, 2.05) is 0 Å². The Balaban J connectivity index is 1.92. The van der Waals surface area contributed by atoms with Gasteiger partial charge in [-0.3, -0.25) is 9.59 Å². The Hall–Kier alpha value is -3.35. The lowest BCUT2D eigenvalue weighted by molar-refractivity contribution is -0.118. The van der Waals surface area contributed by atoms with Gasteiger partial charge in [-0.1, -0.05) is 12.1 Å². The van der Waals surface area contributed by atoms with E-state index in [0.717, 1.165) is 0 Å². The molecule has 2 aromatic carbocycles. The van der Waals surface area contributed by atoms with Crippen molar-refractivity contribution in [3.63, 3.8) is 0 Å². The third kappa shape index (κ3) is 5.13. The molecule has 0 spiro atoms. The van der Waals surface area contributed by atoms with E-state index in [9.17, 15) is 14.4 Å². The quantitative estimate of drug-likeness (QED) is 0.755. The molecule has 0 heterocycles. The van der Waals surface area contributed by atoms with Crippen molar-refractivity contribution < 1.29 is 24.2 Å². The molecular weight excluding hydrogens is 312 g/mol. The first-order chi connectivity index (χ1) is 11.4. The van der Waals surface area contributed by atoms with Crippen LogP contribution in [-0.4, -0.2) is 29.5 Å². The topological polar surface area (TPSA) is 105 Å². The summed E-state index contributed by atoms with van der Waals surface area (Å²) in [5, 5.41) is 14.1. The van der Waals surface area contributed by atoms with Gasteiger partial charge in [0, 0.05) is 24.4 Å². The van der Waals surface area contributed by atoms with Crippen LogP contribution in [0.5, 0.6) is 5.75 Å². The number of carboxylic acids is 1. The van der Waals surface area contributed by atoms with E-state index >= 15 is 0 Å². The van der Waals surface area contributed by atoms with E-state index in [1.165, 1.54) is 25.1 Å². The number of carboxylic acid groups (broad SMARTS) is 1. The number of ether oxygens (including phenoxy) is 1. The van der Waals surface area contributed by atoms with Gasteiger partial charge in [-0.2, -0.15) is 0 Å². The molecule has 0 aliphatic heterocycles. The molecule has 0 radical (unpaired) electrons. The summed E-state index contributed by atoms with van der Waals surface area (Å²) < 4.78 is 5.36. The van der Waals surface area contributed by atoms with Crippen LogP contribution < -0.4 is 15.4 Å². The molecule has 124 valence electrons. The molecule has 0 aliphatic rings. The van der Waals surface area contributed by atoms with Crippen LogP contribution in [0.2, 0.25) is 0 Å². The number of nitrogens with one attached hydrogen (secondary N) is 2. The lowest BCUT2D eigenvalue weighted by atomic mass is 10.2. The Morgan fingerprint density at radius 2 is 1.67 bits per heavy atom. The standard InChI is InChI=1S/C17H16N2O5/c1-11(20)18-14-6-3-7-15(9-14)24-10-16(21)19-13-5-2-4-12(8-13)17(22)23/h2-9H,10H2,1H3,(H,18,20)(H,19,21)(H,22,23). The van der Waals surface area contributed by atoms with Crippen LogP contribution in [-0.2, 0) is 9.59 Å². The number of hydrogen-bond donors (Lipinski definition) is 3. The van der Waals surface area contributed by atoms with Crippen LogP contribution in [0.3, 0.4) is 0 Å². The van der Waals surface area contributed by atoms with E-state index in [1.54, 1.807) is 30.3 Å². The Labute approximate surface area is 138 Å². The number of anilines is 2. The Morgan fingerprint density at radius 3 is 2.33 bits per heavy atom. The largest absolute Gasteiger partial charge is 0.484 e. The first kappa shape index (κ1) is 17.0. The number of amides is 2. The maximum absolute atomic E-state index is 11.9. The second kappa shape index (κ2) is 7.77. The van der Waals surface area contributed by atoms with Crippen molar-refractivity contribution in [2.75, 3.05) is 17.2 Å². The van der Waals surface area contributed by atoms with Gasteiger partial charge in [0.25, 0.3) is 5.91 Å². The van der Waals surface area contributed by atoms with Crippen LogP contribution in [0.15, 0.2) is 48.5 Å². The molecule has 0 unspecified atom stereocenters. The van der Waals surface area contributed by atoms with Gasteiger partial charge in [-0.25, -0.2) is 4.79 Å². The molecule has 0 aromatic heterocycles. The smallest absolute Gasteiger partial charge is 0.335 e. The van der Waals surface area contributed by atoms with Gasteiger partial charge >= 0.3 is 5.97 Å². The summed E-state index contributed by atoms with van der Waals surface area (Å²) >= 11 is 0. The van der Waals surface area contributed by atoms with Gasteiger partial charge < -0.3 is 20.5 Å². The third-order valence-electron chi connectivity index (χ3n) is 2.92. The first-order valence-electron chi connectivity index (χ1n) is 7.08. The maximum Gasteiger partial charge on any atom is 0.335 e. The normalized spacial score (nSPS) is 9.88. The van der Waals surface area contributed by atoms with Gasteiger partial charge in [0.15, 0.2) is 6.61 Å². The SMILES string of the molecule is CC(=O)Nc1cccc(OCC(=O)Nc2cccc(C(=O)O)c2)c1. The van der Waals surface area contributed by atoms with Gasteiger partial charge in [-0.15, -0.1) is 0 Å². The van der Waals surface area contributed by atoms with Crippen molar-refractivity contribution in [3.8, 4) is 5.75 Å². The molecule has 2 aromatic rings. The summed E-state index contributed by atoms with van der Waals surface area (Å²) in [6, 6.07) is 12.6. The van der Waals surface area contributed by atoms with Gasteiger partial charge in [-0.05, 0) is 30.3 Å². The zero-order valence-corrected chi connectivity index (χ0v) is 12.9. The van der Waals surface area contributed by atoms with Crippen LogP contribution >= 0.6 is 0 Å². The minimum atomic E-state index is -1.07. The zero-order valence-electron chi connectivity index (χ0n) is 12.9. The molecular formula is C17H16N2O5. The monoisotopic (exact) mass is 328 g/mol. The fourth-order valence-corrected chi connectivity index (χ4v) is 1.94. The minimum absolute atomic E-state index is 0.0803. The van der Waals surface area contributed by atoms with Crippen LogP contribution in [0.1, 0.15) is 17.3 Å². The molecule has 0 saturated heterocycles. The Morgan fingerprint density at radius 1 is 1.00 bits per heavy atom. The second-order valence-electron chi connectivity index (χ2n) is 4.93. The molecule has 0 atom stereocenters. The first-order valence-corrected chi connectivity index (χ1v) is 7.08. The molecule has 0 saturated carbocycles. The summed E-state index contributed by atoms with van der Waals surface area (Å²) in [5.74, 6) is -1.28. The molecule has 0 fully saturated rings. The highest BCUT2D eigenvalue weighted by atomic mass is 16.5. The van der Waals surface area contributed by atoms with Crippen molar-refractivity contribution in [1.82, 2.24) is 0 Å². The molecule has 24 heavy (non-hydrogen) atoms. The lowest BCUT2D eigenvalue weighted by Crippen LogP contribution is -2.20. The molecule has 2 rings (SSSR count). The highest BCUT2D eigenvalue weighted by molar-refractivity contribution is 5.94. The van der Waals surface area contributed by atoms with Gasteiger partial charge in [0.05, 0.1) is 5.56 Å². The van der Waals surface area contributed by atoms with Crippen molar-refractivity contribution >= 4 is 29.2 Å². The number of carbonyl (C=O) groups is 3. The third-order valence-corrected chi connectivity index (χ3v) is 2.92. The van der Waals surface area contributed by atoms with E-state index < -0.39 is 11.9 Å². The lowest BCUT2D eigenvalue weighted by Gasteiger charge is -2.09. The Bertz CT molecular complexity index is 773. The minimum Gasteiger partial charge on any atom is -0.484 e. The van der Waals surface area contributed by atoms with E-state index in [0.29, 0.717) is 17.1 Å². The van der Waals surface area contributed by atoms with Gasteiger partial charge in [0.2, 0.25) is 5.91 Å². The molecule has 7 heteroatoms. The number of benzene rings is 2. The highest BCUT2D eigenvalue weighted by Crippen LogP contribution is 2.17. The highest BCUT2D eigenvalue weighted by Gasteiger charge is 2.07. The maximum atomic E-state index is 11.9. The van der Waals surface area contributed by atoms with E-state index in [2.05, 4.69) is 10.6 Å². The van der Waals surface area contributed by atoms with Crippen molar-refractivity contribution in [3.05, 3.63) is 54.1 Å². The van der Waals surface area contributed by atoms with Crippen LogP contribution in [0.4, 0.5) is 11.4 Å². The average molecular weight is 328 g/mol. The molecule has 3 N–H and O–H groups in total. The van der Waals surface area contributed by atoms with E-state index in [-0.39, 0.29) is 18.1 Å². The molecule has 2 amide bonds. The molecule has 0 aliphatic carbocycles. The van der Waals surface area contributed by atoms with Crippen LogP contribution in [0.25, 0.3) is 0 Å². The van der Waals surface area contributed by atoms with Crippen molar-refractivity contribution in [2.24, 2.45) is 0 Å². The van der Waals surface area contributed by atoms with Gasteiger partial charge in [0.1, 0.15) is 5.75 Å². The fraction of sp³-hybridized carbons (Fsp3) is 0.118. The molecule has 0 bridgehead atoms. The molecule has 7 nitrogen and oxygen atoms in total. The average Bonchev–Trinajstić information content (AvgIpc) is 2.53.